The Labute approximate surface area is 431 Å². The number of amides is 7. The van der Waals surface area contributed by atoms with Crippen molar-refractivity contribution in [2.45, 2.75) is 144 Å². The highest BCUT2D eigenvalue weighted by atomic mass is 16.5. The summed E-state index contributed by atoms with van der Waals surface area (Å²) in [6.45, 7) is 22.6. The molecule has 72 heavy (non-hydrogen) atoms. The highest BCUT2D eigenvalue weighted by Gasteiger charge is 2.43. The second-order valence-electron chi connectivity index (χ2n) is 20.9. The van der Waals surface area contributed by atoms with Crippen molar-refractivity contribution in [3.63, 3.8) is 0 Å². The summed E-state index contributed by atoms with van der Waals surface area (Å²) in [5.41, 5.74) is 0.870. The molecule has 0 saturated carbocycles. The smallest absolute Gasteiger partial charge is 0.314 e. The Hall–Kier alpha value is -4.36. The average molecular weight is 1020 g/mol. The Morgan fingerprint density at radius 2 is 1.38 bits per heavy atom. The van der Waals surface area contributed by atoms with E-state index in [9.17, 15) is 28.8 Å². The molecule has 0 spiro atoms. The molecule has 2 fully saturated rings. The molecular formula is C54H94N8O10. The zero-order valence-corrected chi connectivity index (χ0v) is 45.9. The molecule has 2 saturated heterocycles. The molecule has 3 rings (SSSR count). The number of methoxy groups -OCH3 is 2. The van der Waals surface area contributed by atoms with Crippen LogP contribution in [0.15, 0.2) is 30.3 Å². The van der Waals surface area contributed by atoms with Gasteiger partial charge in [0.05, 0.1) is 63.1 Å². The van der Waals surface area contributed by atoms with Gasteiger partial charge in [0.25, 0.3) is 0 Å². The molecule has 0 unspecified atom stereocenters. The molecule has 2 heterocycles. The van der Waals surface area contributed by atoms with E-state index in [0.29, 0.717) is 58.2 Å². The molecule has 0 aromatic heterocycles. The normalized spacial score (nSPS) is 18.3. The number of benzene rings is 1. The van der Waals surface area contributed by atoms with Crippen molar-refractivity contribution >= 4 is 35.6 Å². The Morgan fingerprint density at radius 3 is 1.94 bits per heavy atom. The van der Waals surface area contributed by atoms with E-state index in [1.165, 1.54) is 7.11 Å². The number of likely N-dealkylation sites (tertiary alicyclic amines) is 1. The van der Waals surface area contributed by atoms with Crippen molar-refractivity contribution in [2.24, 2.45) is 41.4 Å². The zero-order chi connectivity index (χ0) is 53.3. The number of nitrogens with one attached hydrogen (secondary N) is 6. The summed E-state index contributed by atoms with van der Waals surface area (Å²) in [6.07, 6.45) is 3.06. The largest absolute Gasteiger partial charge is 0.379 e. The first-order chi connectivity index (χ1) is 34.4. The molecule has 0 bridgehead atoms. The minimum absolute atomic E-state index is 0.00928. The third kappa shape index (κ3) is 19.8. The van der Waals surface area contributed by atoms with Crippen LogP contribution in [0.3, 0.4) is 0 Å². The van der Waals surface area contributed by atoms with E-state index in [0.717, 1.165) is 37.9 Å². The SMILES string of the molecule is CC[C@H](C)[C@@H]([C@@H](CC(=O)N1CCC[C@H]1[C@H](OC)[C@@H](C)C(=O)N[C@@H](Cc1ccccc1)C(=O)NCCOCCOCCNC(=O)NCC1CCNCC1)OC)N(C)C(=O)[C@@H](NC(=O)C(C(C)C)C(C)C)C(C)C. The van der Waals surface area contributed by atoms with Gasteiger partial charge < -0.3 is 60.6 Å². The molecule has 18 nitrogen and oxygen atoms in total. The maximum Gasteiger partial charge on any atom is 0.314 e. The lowest BCUT2D eigenvalue weighted by Gasteiger charge is -2.41. The van der Waals surface area contributed by atoms with E-state index in [1.54, 1.807) is 30.9 Å². The summed E-state index contributed by atoms with van der Waals surface area (Å²) in [6, 6.07) is 6.68. The van der Waals surface area contributed by atoms with Crippen molar-refractivity contribution in [2.75, 3.05) is 87.0 Å². The average Bonchev–Trinajstić information content (AvgIpc) is 3.84. The number of likely N-dealkylation sites (N-methyl/N-ethyl adjacent to an activating group) is 1. The summed E-state index contributed by atoms with van der Waals surface area (Å²) >= 11 is 0. The number of carbonyl (C=O) groups is 6. The fourth-order valence-corrected chi connectivity index (χ4v) is 10.3. The molecule has 410 valence electrons. The van der Waals surface area contributed by atoms with Crippen LogP contribution in [0.25, 0.3) is 0 Å². The lowest BCUT2D eigenvalue weighted by molar-refractivity contribution is -0.148. The van der Waals surface area contributed by atoms with Gasteiger partial charge in [-0.2, -0.15) is 0 Å². The summed E-state index contributed by atoms with van der Waals surface area (Å²) in [5, 5.41) is 18.0. The van der Waals surface area contributed by atoms with Crippen LogP contribution in [0.4, 0.5) is 4.79 Å². The molecule has 0 aliphatic carbocycles. The minimum Gasteiger partial charge on any atom is -0.379 e. The molecule has 0 radical (unpaired) electrons. The maximum absolute atomic E-state index is 14.5. The van der Waals surface area contributed by atoms with Gasteiger partial charge in [0.15, 0.2) is 0 Å². The first kappa shape index (κ1) is 61.9. The number of carbonyl (C=O) groups excluding carboxylic acids is 6. The fraction of sp³-hybridized carbons (Fsp3) is 0.778. The van der Waals surface area contributed by atoms with Crippen molar-refractivity contribution < 1.29 is 47.7 Å². The molecule has 2 aliphatic rings. The van der Waals surface area contributed by atoms with Gasteiger partial charge in [-0.25, -0.2) is 4.79 Å². The van der Waals surface area contributed by atoms with Gasteiger partial charge in [0.1, 0.15) is 12.1 Å². The number of ether oxygens (including phenoxy) is 4. The highest BCUT2D eigenvalue weighted by molar-refractivity contribution is 5.90. The van der Waals surface area contributed by atoms with Crippen LogP contribution in [-0.4, -0.2) is 169 Å². The first-order valence-electron chi connectivity index (χ1n) is 26.8. The quantitative estimate of drug-likeness (QED) is 0.0564. The molecule has 1 aromatic carbocycles. The van der Waals surface area contributed by atoms with Crippen LogP contribution < -0.4 is 31.9 Å². The van der Waals surface area contributed by atoms with Gasteiger partial charge in [-0.3, -0.25) is 24.0 Å². The summed E-state index contributed by atoms with van der Waals surface area (Å²) < 4.78 is 23.4. The standard InChI is InChI=1S/C54H94N8O10/c1-13-38(8)48(61(10)53(67)47(37(6)7)60-52(66)46(35(2)3)36(4)5)44(69-11)33-45(63)62-27-17-20-43(62)49(70-12)39(9)50(64)59-42(32-40-18-15-14-16-19-40)51(65)56-25-28-71-30-31-72-29-26-57-54(68)58-34-41-21-23-55-24-22-41/h14-16,18-19,35-39,41-44,46-49,55H,13,17,20-34H2,1-12H3,(H,56,65)(H,59,64)(H,60,66)(H2,57,58,68)/t38-,39+,42-,43-,44+,47-,48-,49+/m0/s1. The monoisotopic (exact) mass is 1010 g/mol. The van der Waals surface area contributed by atoms with Crippen molar-refractivity contribution in [3.05, 3.63) is 35.9 Å². The van der Waals surface area contributed by atoms with Crippen LogP contribution in [0, 0.1) is 41.4 Å². The van der Waals surface area contributed by atoms with Gasteiger partial charge in [-0.05, 0) is 73.9 Å². The number of urea groups is 1. The van der Waals surface area contributed by atoms with Crippen LogP contribution in [-0.2, 0) is 49.3 Å². The lowest BCUT2D eigenvalue weighted by atomic mass is 9.84. The van der Waals surface area contributed by atoms with E-state index in [2.05, 4.69) is 31.9 Å². The van der Waals surface area contributed by atoms with E-state index >= 15 is 0 Å². The number of hydrogen-bond acceptors (Lipinski definition) is 11. The number of nitrogens with zero attached hydrogens (tertiary/aromatic N) is 2. The van der Waals surface area contributed by atoms with Crippen molar-refractivity contribution in [3.8, 4) is 0 Å². The van der Waals surface area contributed by atoms with Gasteiger partial charge in [0.2, 0.25) is 29.5 Å². The van der Waals surface area contributed by atoms with Crippen molar-refractivity contribution in [1.82, 2.24) is 41.7 Å². The second-order valence-corrected chi connectivity index (χ2v) is 20.9. The van der Waals surface area contributed by atoms with Gasteiger partial charge in [-0.15, -0.1) is 0 Å². The lowest BCUT2D eigenvalue weighted by Crippen LogP contribution is -2.58. The first-order valence-corrected chi connectivity index (χ1v) is 26.8. The topological polar surface area (TPSA) is 218 Å². The van der Waals surface area contributed by atoms with E-state index in [4.69, 9.17) is 18.9 Å². The third-order valence-corrected chi connectivity index (χ3v) is 14.6. The third-order valence-electron chi connectivity index (χ3n) is 14.6. The fourth-order valence-electron chi connectivity index (χ4n) is 10.3. The van der Waals surface area contributed by atoms with Crippen LogP contribution in [0.1, 0.15) is 106 Å². The molecule has 8 atom stereocenters. The predicted octanol–water partition coefficient (Wildman–Crippen LogP) is 4.15. The molecule has 2 aliphatic heterocycles. The van der Waals surface area contributed by atoms with E-state index in [-0.39, 0.29) is 91.1 Å². The Balaban J connectivity index is 1.60. The zero-order valence-electron chi connectivity index (χ0n) is 45.9. The van der Waals surface area contributed by atoms with Gasteiger partial charge >= 0.3 is 6.03 Å². The molecular weight excluding hydrogens is 921 g/mol. The Morgan fingerprint density at radius 1 is 0.750 bits per heavy atom. The minimum atomic E-state index is -0.899. The van der Waals surface area contributed by atoms with Gasteiger partial charge in [0, 0.05) is 59.8 Å². The molecule has 7 amide bonds. The van der Waals surface area contributed by atoms with Gasteiger partial charge in [-0.1, -0.05) is 99.1 Å². The van der Waals surface area contributed by atoms with Crippen molar-refractivity contribution in [1.29, 1.82) is 0 Å². The van der Waals surface area contributed by atoms with E-state index in [1.807, 2.05) is 85.7 Å². The number of piperidine rings is 1. The Kier molecular flexibility index (Phi) is 28.2. The second kappa shape index (κ2) is 32.7. The maximum atomic E-state index is 14.5. The Bertz CT molecular complexity index is 1770. The van der Waals surface area contributed by atoms with Crippen LogP contribution in [0.2, 0.25) is 0 Å². The summed E-state index contributed by atoms with van der Waals surface area (Å²) in [7, 11) is 4.83. The summed E-state index contributed by atoms with van der Waals surface area (Å²) in [4.78, 5) is 85.8. The summed E-state index contributed by atoms with van der Waals surface area (Å²) in [5.74, 6) is -1.82. The predicted molar refractivity (Wildman–Crippen MR) is 280 cm³/mol. The number of rotatable bonds is 32. The molecule has 1 aromatic rings. The molecule has 18 heteroatoms. The van der Waals surface area contributed by atoms with Crippen LogP contribution in [0.5, 0.6) is 0 Å². The van der Waals surface area contributed by atoms with E-state index < -0.39 is 42.3 Å². The van der Waals surface area contributed by atoms with Crippen LogP contribution >= 0.6 is 0 Å². The number of hydrogen-bond donors (Lipinski definition) is 6. The molecule has 6 N–H and O–H groups in total. The highest BCUT2D eigenvalue weighted by Crippen LogP contribution is 2.30.